The van der Waals surface area contributed by atoms with Crippen LogP contribution in [0.25, 0.3) is 11.1 Å². The van der Waals surface area contributed by atoms with Crippen LogP contribution in [0.1, 0.15) is 245 Å². The molecule has 135 heavy (non-hydrogen) atoms. The number of nitrogens with two attached hydrogens (primary N) is 1. The Balaban J connectivity index is 0.000000200. The van der Waals surface area contributed by atoms with Crippen LogP contribution in [0.2, 0.25) is 33.4 Å². The third-order valence-electron chi connectivity index (χ3n) is 23.7. The number of carbonyl (C=O) groups is 12. The zero-order valence-electron chi connectivity index (χ0n) is 78.2. The van der Waals surface area contributed by atoms with Gasteiger partial charge < -0.3 is 70.1 Å². The number of hydrogen-bond donors (Lipinski definition) is 4. The van der Waals surface area contributed by atoms with Crippen LogP contribution in [0, 0.1) is 11.9 Å². The standard InChI is InChI=1S/C19H25ClN2O5.C18H23ClN2O5.C17H15FN4O2.C12H14ClN3O3.C12H12ClN3O2.C5H3FN.3C4H9.Na.Sn/c1-19(2,3)27-16(24)6-5-15(23)22-10-8-12-13(20)7-9-21-18(12)14(22)11-17(25)26-4;1-18(2,3)26-16(25)5-4-14(22)21-9-7-11-12(19)6-8-20-17(11)13(21)10-15(23)24;18-14-2-1-10(8-20-14)11-3-5-19-17-12(11)4-6-22-13(17)7-15(23)21-9-16(22)24;13-8-1-3-15-12-7(8)2-4-16(10(17)6-14)9(12)5-11(18)19;13-8-1-3-14-12-7(8)2-4-16-9(12)5-10(17)15-6-11(16)18;6-5-3-1-2-4-7-5;3*1-3-4-2;;/h7,9,14H,5-6,8,10-11H2,1-4H3;6,8,13H,4-5,7,9-10H2,1-3H3,(H,23,24);1-3,5,8,13H,4,6-7,9H2,(H,21,23);1,3,9H,2,4-6,14H2,(H,18,19);1,3,9H,2,4-6H2,(H,15,17);1,3-4H;3*1,3-4H2,2H3;;/q;;;;;;;;;+1;/p-1. The van der Waals surface area contributed by atoms with E-state index < -0.39 is 83.5 Å². The minimum Gasteiger partial charge on any atom is -0.481 e. The molecule has 7 aromatic heterocycles. The smallest absolute Gasteiger partial charge is 0.481 e. The number of halogens is 6. The zero-order chi connectivity index (χ0) is 97.9. The normalized spacial score (nSPS) is 17.4. The Morgan fingerprint density at radius 2 is 0.859 bits per heavy atom. The van der Waals surface area contributed by atoms with Crippen molar-refractivity contribution in [2.24, 2.45) is 5.73 Å². The van der Waals surface area contributed by atoms with E-state index in [0.717, 1.165) is 50.3 Å². The number of carbonyl (C=O) groups excluding carboxylic acids is 11. The molecule has 32 nitrogen and oxygen atoms in total. The summed E-state index contributed by atoms with van der Waals surface area (Å²) >= 11 is 22.3. The van der Waals surface area contributed by atoms with Crippen LogP contribution in [0.5, 0.6) is 0 Å². The first kappa shape index (κ1) is 111. The van der Waals surface area contributed by atoms with Crippen LogP contribution in [-0.4, -0.2) is 225 Å². The molecular formula is C95H118Cl4F2N15NaO17Sn. The number of unbranched alkanes of at least 4 members (excludes halogenated alkanes) is 3. The van der Waals surface area contributed by atoms with Gasteiger partial charge in [0.2, 0.25) is 47.3 Å². The number of pyridine rings is 7. The minimum atomic E-state index is -2.36. The zero-order valence-corrected chi connectivity index (χ0v) is 86.1. The number of carboxylic acid groups (broad SMARTS) is 2. The molecule has 5 atom stereocenters. The Labute approximate surface area is 831 Å². The number of aromatic nitrogens is 7. The largest absolute Gasteiger partial charge is 1.00 e. The van der Waals surface area contributed by atoms with Crippen LogP contribution in [0.15, 0.2) is 98.0 Å². The number of fused-ring (bicyclic) bond motifs is 9. The number of nitrogens with zero attached hydrogens (tertiary/aromatic N) is 12. The molecule has 5 unspecified atom stereocenters. The maximum Gasteiger partial charge on any atom is 1.00 e. The summed E-state index contributed by atoms with van der Waals surface area (Å²) in [5, 5.41) is 27.7. The van der Waals surface area contributed by atoms with Gasteiger partial charge in [0.25, 0.3) is 0 Å². The van der Waals surface area contributed by atoms with Crippen LogP contribution in [0.3, 0.4) is 0 Å². The Hall–Kier alpha value is -9.53. The predicted molar refractivity (Wildman–Crippen MR) is 497 cm³/mol. The van der Waals surface area contributed by atoms with Gasteiger partial charge in [-0.3, -0.25) is 77.7 Å². The van der Waals surface area contributed by atoms with Crippen LogP contribution < -0.4 is 54.6 Å². The van der Waals surface area contributed by atoms with Crippen molar-refractivity contribution in [3.8, 4) is 11.1 Å². The van der Waals surface area contributed by atoms with E-state index in [9.17, 15) is 71.4 Å². The molecule has 722 valence electrons. The summed E-state index contributed by atoms with van der Waals surface area (Å²) in [6.45, 7) is 19.6. The fourth-order valence-electron chi connectivity index (χ4n) is 17.4. The van der Waals surface area contributed by atoms with Crippen molar-refractivity contribution in [2.45, 2.75) is 245 Å². The van der Waals surface area contributed by atoms with E-state index >= 15 is 0 Å². The second kappa shape index (κ2) is 52.3. The van der Waals surface area contributed by atoms with Crippen LogP contribution in [0.4, 0.5) is 8.78 Å². The number of methoxy groups -OCH3 is 1. The van der Waals surface area contributed by atoms with Crippen molar-refractivity contribution >= 4 is 140 Å². The van der Waals surface area contributed by atoms with Crippen molar-refractivity contribution in [3.05, 3.63) is 186 Å². The minimum absolute atomic E-state index is 0. The van der Waals surface area contributed by atoms with E-state index in [0.29, 0.717) is 102 Å². The first-order chi connectivity index (χ1) is 63.7. The summed E-state index contributed by atoms with van der Waals surface area (Å²) in [4.78, 5) is 180. The topological polar surface area (TPSA) is 432 Å². The molecule has 0 aliphatic carbocycles. The van der Waals surface area contributed by atoms with Gasteiger partial charge in [0.1, 0.15) is 11.2 Å². The van der Waals surface area contributed by atoms with Crippen molar-refractivity contribution in [1.82, 2.24) is 70.0 Å². The van der Waals surface area contributed by atoms with Crippen molar-refractivity contribution < 1.29 is 120 Å². The van der Waals surface area contributed by atoms with Gasteiger partial charge in [-0.15, -0.1) is 0 Å². The van der Waals surface area contributed by atoms with Crippen molar-refractivity contribution in [3.63, 3.8) is 0 Å². The first-order valence-corrected chi connectivity index (χ1v) is 54.1. The molecule has 0 bridgehead atoms. The molecule has 2 fully saturated rings. The quantitative estimate of drug-likeness (QED) is 0.0189. The van der Waals surface area contributed by atoms with Crippen molar-refractivity contribution in [2.75, 3.05) is 59.5 Å². The van der Waals surface area contributed by atoms with Gasteiger partial charge in [-0.2, -0.15) is 4.39 Å². The van der Waals surface area contributed by atoms with E-state index in [1.54, 1.807) is 111 Å². The number of rotatable bonds is 24. The summed E-state index contributed by atoms with van der Waals surface area (Å²) in [5.74, 6) is -5.75. The molecule has 40 heteroatoms. The number of nitrogens with one attached hydrogen (secondary N) is 2. The van der Waals surface area contributed by atoms with E-state index in [1.807, 2.05) is 12.3 Å². The summed E-state index contributed by atoms with van der Waals surface area (Å²) in [6, 6.07) is 12.7. The molecule has 7 aromatic rings. The van der Waals surface area contributed by atoms with Gasteiger partial charge in [0, 0.05) is 121 Å². The molecule has 7 amide bonds. The number of esters is 3. The third-order valence-corrected chi connectivity index (χ3v) is 40.7. The molecule has 0 radical (unpaired) electrons. The Bertz CT molecular complexity index is 5340. The number of aliphatic carboxylic acids is 2. The maximum atomic E-state index is 13.1. The predicted octanol–water partition coefficient (Wildman–Crippen LogP) is 9.05. The fraction of sp³-hybridized carbons (Fsp3) is 0.505. The molecule has 2 saturated heterocycles. The van der Waals surface area contributed by atoms with Gasteiger partial charge in [-0.25, -0.2) is 4.98 Å². The van der Waals surface area contributed by atoms with Gasteiger partial charge in [-0.1, -0.05) is 46.4 Å². The van der Waals surface area contributed by atoms with E-state index in [2.05, 4.69) is 72.4 Å². The molecule has 14 rings (SSSR count). The molecule has 0 saturated carbocycles. The number of ether oxygens (including phenoxy) is 3. The second-order valence-electron chi connectivity index (χ2n) is 35.2. The molecular weight excluding hydrogens is 1940 g/mol. The average molecular weight is 2060 g/mol. The summed E-state index contributed by atoms with van der Waals surface area (Å²) in [7, 11) is 1.30. The third kappa shape index (κ3) is 31.2. The molecule has 0 spiro atoms. The fourth-order valence-corrected chi connectivity index (χ4v) is 34.0. The summed E-state index contributed by atoms with van der Waals surface area (Å²) in [6.07, 6.45) is 21.6. The summed E-state index contributed by atoms with van der Waals surface area (Å²) < 4.78 is 47.1. The number of carboxylic acids is 2. The molecule has 7 aliphatic rings. The van der Waals surface area contributed by atoms with Gasteiger partial charge in [0.15, 0.2) is 0 Å². The van der Waals surface area contributed by atoms with E-state index in [1.165, 1.54) is 97.0 Å². The number of amides is 7. The molecule has 0 aromatic carbocycles. The van der Waals surface area contributed by atoms with E-state index in [4.69, 9.17) is 71.5 Å². The van der Waals surface area contributed by atoms with Crippen LogP contribution >= 0.6 is 46.4 Å². The van der Waals surface area contributed by atoms with Gasteiger partial charge in [-0.05, 0) is 149 Å². The monoisotopic (exact) mass is 2060 g/mol. The first-order valence-electron chi connectivity index (χ1n) is 45.1. The van der Waals surface area contributed by atoms with Crippen LogP contribution in [-0.2, 0) is 104 Å². The average Bonchev–Trinajstić information content (AvgIpc) is 1.74. The number of hydrogen-bond acceptors (Lipinski definition) is 24. The second-order valence-corrected chi connectivity index (χ2v) is 50.1. The Kier molecular flexibility index (Phi) is 42.9. The van der Waals surface area contributed by atoms with Gasteiger partial charge in [0.05, 0.1) is 124 Å². The maximum absolute atomic E-state index is 13.1. The molecule has 14 heterocycles. The SMILES string of the molecule is CC(C)(C)OC(=O)CCC(=O)N1CCc2c(Cl)ccnc2C1CC(=O)[O-].CCC[CH2][Sn]([CH2]CCC)([CH2]CCC)[c]1ccc(F)nc1.COC(=O)CC1c2nccc(Cl)c2CCN1C(=O)CCC(=O)OC(C)(C)C.NCC(=O)N1CCc2c(Cl)ccnc2C1CC(=O)O.O=C1CC2c3nccc(-c4ccc(F)nc4)c3CCN2C(=O)CN1.O=C1CC2c3nccc(Cl)c3CCN2C(=O)CN1.[Na+]. The summed E-state index contributed by atoms with van der Waals surface area (Å²) in [5.41, 5.74) is 13.4. The molecule has 7 aliphatic heterocycles. The van der Waals surface area contributed by atoms with Gasteiger partial charge >= 0.3 is 182 Å². The van der Waals surface area contributed by atoms with Crippen molar-refractivity contribution in [1.29, 1.82) is 0 Å². The molecule has 5 N–H and O–H groups in total. The Morgan fingerprint density at radius 1 is 0.489 bits per heavy atom. The Morgan fingerprint density at radius 3 is 1.24 bits per heavy atom. The van der Waals surface area contributed by atoms with E-state index in [-0.39, 0.29) is 166 Å².